The van der Waals surface area contributed by atoms with Crippen LogP contribution in [0.2, 0.25) is 0 Å². The number of nitrogens with zero attached hydrogens (tertiary/aromatic N) is 4. The average Bonchev–Trinajstić information content (AvgIpc) is 3.33. The van der Waals surface area contributed by atoms with E-state index in [1.54, 1.807) is 24.3 Å². The summed E-state index contributed by atoms with van der Waals surface area (Å²) in [5.41, 5.74) is 5.81. The zero-order valence-electron chi connectivity index (χ0n) is 16.6. The molecule has 0 bridgehead atoms. The quantitative estimate of drug-likeness (QED) is 0.291. The molecule has 0 atom stereocenters. The van der Waals surface area contributed by atoms with Crippen molar-refractivity contribution in [1.29, 1.82) is 5.26 Å². The minimum Gasteiger partial charge on any atom is -0.343 e. The van der Waals surface area contributed by atoms with Crippen LogP contribution in [0.3, 0.4) is 0 Å². The molecule has 7 heteroatoms. The van der Waals surface area contributed by atoms with Gasteiger partial charge in [-0.3, -0.25) is 10.1 Å². The molecule has 0 amide bonds. The van der Waals surface area contributed by atoms with Gasteiger partial charge in [0.1, 0.15) is 11.9 Å². The zero-order valence-corrected chi connectivity index (χ0v) is 16.6. The number of imidazole rings is 1. The summed E-state index contributed by atoms with van der Waals surface area (Å²) in [5.74, 6) is 0.496. The van der Waals surface area contributed by atoms with Gasteiger partial charge in [-0.1, -0.05) is 18.2 Å². The molecule has 0 aliphatic heterocycles. The predicted molar refractivity (Wildman–Crippen MR) is 116 cm³/mol. The standard InChI is InChI=1S/C23H19N5O2/c1-15-10-20-21(11-16(15)2)26-23(25-20)18(13-24)12-19-7-5-9-27(19)14-17-6-3-4-8-22(17)28(29)30/h3-12H,14H2,1-2H3,(H,25,26). The Hall–Kier alpha value is -4.18. The van der Waals surface area contributed by atoms with Crippen molar-refractivity contribution in [3.8, 4) is 6.07 Å². The Balaban J connectivity index is 1.71. The fraction of sp³-hybridized carbons (Fsp3) is 0.130. The Morgan fingerprint density at radius 3 is 2.77 bits per heavy atom. The molecule has 0 saturated heterocycles. The molecular formula is C23H19N5O2. The first kappa shape index (κ1) is 19.2. The Kier molecular flexibility index (Phi) is 4.90. The maximum absolute atomic E-state index is 11.3. The lowest BCUT2D eigenvalue weighted by Gasteiger charge is -2.07. The number of nitriles is 1. The number of rotatable bonds is 5. The third-order valence-corrected chi connectivity index (χ3v) is 5.16. The fourth-order valence-corrected chi connectivity index (χ4v) is 3.41. The molecule has 2 aromatic carbocycles. The van der Waals surface area contributed by atoms with Crippen molar-refractivity contribution < 1.29 is 4.92 Å². The molecule has 4 aromatic rings. The summed E-state index contributed by atoms with van der Waals surface area (Å²) in [7, 11) is 0. The summed E-state index contributed by atoms with van der Waals surface area (Å²) in [6.07, 6.45) is 3.58. The van der Waals surface area contributed by atoms with Crippen LogP contribution in [0.15, 0.2) is 54.7 Å². The molecular weight excluding hydrogens is 378 g/mol. The van der Waals surface area contributed by atoms with E-state index in [9.17, 15) is 15.4 Å². The van der Waals surface area contributed by atoms with Crippen LogP contribution in [0.5, 0.6) is 0 Å². The van der Waals surface area contributed by atoms with E-state index in [2.05, 4.69) is 16.0 Å². The van der Waals surface area contributed by atoms with Gasteiger partial charge in [0.05, 0.1) is 28.1 Å². The number of para-hydroxylation sites is 1. The lowest BCUT2D eigenvalue weighted by molar-refractivity contribution is -0.385. The van der Waals surface area contributed by atoms with Crippen LogP contribution in [-0.4, -0.2) is 19.5 Å². The number of aromatic nitrogens is 3. The fourth-order valence-electron chi connectivity index (χ4n) is 3.41. The largest absolute Gasteiger partial charge is 0.343 e. The normalized spacial score (nSPS) is 11.6. The topological polar surface area (TPSA) is 101 Å². The molecule has 2 aromatic heterocycles. The average molecular weight is 397 g/mol. The highest BCUT2D eigenvalue weighted by atomic mass is 16.6. The van der Waals surface area contributed by atoms with Gasteiger partial charge in [0, 0.05) is 23.5 Å². The Morgan fingerprint density at radius 1 is 1.23 bits per heavy atom. The number of hydrogen-bond donors (Lipinski definition) is 1. The molecule has 2 heterocycles. The van der Waals surface area contributed by atoms with E-state index in [4.69, 9.17) is 0 Å². The number of hydrogen-bond acceptors (Lipinski definition) is 4. The van der Waals surface area contributed by atoms with Gasteiger partial charge < -0.3 is 9.55 Å². The van der Waals surface area contributed by atoms with Crippen LogP contribution in [-0.2, 0) is 6.54 Å². The second-order valence-corrected chi connectivity index (χ2v) is 7.16. The van der Waals surface area contributed by atoms with Gasteiger partial charge >= 0.3 is 0 Å². The van der Waals surface area contributed by atoms with Gasteiger partial charge in [-0.25, -0.2) is 4.98 Å². The molecule has 0 saturated carbocycles. The molecule has 0 aliphatic rings. The highest BCUT2D eigenvalue weighted by molar-refractivity contribution is 5.90. The SMILES string of the molecule is Cc1cc2nc(C(C#N)=Cc3cccn3Cc3ccccc3[N+](=O)[O-])[nH]c2cc1C. The van der Waals surface area contributed by atoms with Crippen LogP contribution in [0, 0.1) is 35.3 Å². The van der Waals surface area contributed by atoms with Crippen molar-refractivity contribution in [3.63, 3.8) is 0 Å². The molecule has 0 aliphatic carbocycles. The Bertz CT molecular complexity index is 1300. The van der Waals surface area contributed by atoms with E-state index in [-0.39, 0.29) is 10.6 Å². The first-order valence-electron chi connectivity index (χ1n) is 9.43. The zero-order chi connectivity index (χ0) is 21.3. The second-order valence-electron chi connectivity index (χ2n) is 7.16. The number of aromatic amines is 1. The number of allylic oxidation sites excluding steroid dienone is 1. The van der Waals surface area contributed by atoms with Crippen molar-refractivity contribution in [3.05, 3.63) is 93.1 Å². The molecule has 30 heavy (non-hydrogen) atoms. The van der Waals surface area contributed by atoms with Gasteiger partial charge in [-0.15, -0.1) is 0 Å². The number of nitro benzene ring substituents is 1. The summed E-state index contributed by atoms with van der Waals surface area (Å²) in [5, 5.41) is 21.0. The molecule has 4 rings (SSSR count). The van der Waals surface area contributed by atoms with Gasteiger partial charge in [-0.2, -0.15) is 5.26 Å². The van der Waals surface area contributed by atoms with Gasteiger partial charge in [0.25, 0.3) is 5.69 Å². The number of benzene rings is 2. The molecule has 0 fully saturated rings. The summed E-state index contributed by atoms with van der Waals surface area (Å²) in [6.45, 7) is 4.39. The summed E-state index contributed by atoms with van der Waals surface area (Å²) < 4.78 is 1.87. The van der Waals surface area contributed by atoms with E-state index in [1.165, 1.54) is 6.07 Å². The number of nitrogens with one attached hydrogen (secondary N) is 1. The maximum atomic E-state index is 11.3. The molecule has 148 valence electrons. The van der Waals surface area contributed by atoms with Crippen LogP contribution in [0.4, 0.5) is 5.69 Å². The minimum absolute atomic E-state index is 0.0738. The number of nitro groups is 1. The van der Waals surface area contributed by atoms with E-state index in [0.29, 0.717) is 23.5 Å². The van der Waals surface area contributed by atoms with Gasteiger partial charge in [0.2, 0.25) is 0 Å². The molecule has 0 spiro atoms. The lowest BCUT2D eigenvalue weighted by atomic mass is 10.1. The van der Waals surface area contributed by atoms with E-state index < -0.39 is 0 Å². The van der Waals surface area contributed by atoms with Crippen molar-refractivity contribution >= 4 is 28.4 Å². The highest BCUT2D eigenvalue weighted by Gasteiger charge is 2.14. The number of fused-ring (bicyclic) bond motifs is 1. The Morgan fingerprint density at radius 2 is 2.00 bits per heavy atom. The van der Waals surface area contributed by atoms with E-state index >= 15 is 0 Å². The summed E-state index contributed by atoms with van der Waals surface area (Å²) in [4.78, 5) is 18.7. The lowest BCUT2D eigenvalue weighted by Crippen LogP contribution is -2.03. The van der Waals surface area contributed by atoms with Gasteiger partial charge in [-0.05, 0) is 55.3 Å². The van der Waals surface area contributed by atoms with Crippen LogP contribution in [0.1, 0.15) is 28.2 Å². The van der Waals surface area contributed by atoms with Crippen LogP contribution in [0.25, 0.3) is 22.7 Å². The van der Waals surface area contributed by atoms with Crippen LogP contribution >= 0.6 is 0 Å². The Labute approximate surface area is 173 Å². The number of H-pyrrole nitrogens is 1. The molecule has 0 unspecified atom stereocenters. The monoisotopic (exact) mass is 397 g/mol. The van der Waals surface area contributed by atoms with Crippen molar-refractivity contribution in [2.75, 3.05) is 0 Å². The summed E-state index contributed by atoms with van der Waals surface area (Å²) >= 11 is 0. The van der Waals surface area contributed by atoms with Crippen LogP contribution < -0.4 is 0 Å². The minimum atomic E-state index is -0.382. The number of aryl methyl sites for hydroxylation is 2. The van der Waals surface area contributed by atoms with Crippen molar-refractivity contribution in [1.82, 2.24) is 14.5 Å². The smallest absolute Gasteiger partial charge is 0.274 e. The van der Waals surface area contributed by atoms with Gasteiger partial charge in [0.15, 0.2) is 0 Å². The molecule has 0 radical (unpaired) electrons. The summed E-state index contributed by atoms with van der Waals surface area (Å²) in [6, 6.07) is 16.6. The first-order valence-corrected chi connectivity index (χ1v) is 9.43. The second kappa shape index (κ2) is 7.68. The molecule has 7 nitrogen and oxygen atoms in total. The first-order chi connectivity index (χ1) is 14.5. The highest BCUT2D eigenvalue weighted by Crippen LogP contribution is 2.24. The van der Waals surface area contributed by atoms with E-state index in [0.717, 1.165) is 27.9 Å². The third-order valence-electron chi connectivity index (χ3n) is 5.16. The predicted octanol–water partition coefficient (Wildman–Crippen LogP) is 5.00. The van der Waals surface area contributed by atoms with Crippen molar-refractivity contribution in [2.45, 2.75) is 20.4 Å². The maximum Gasteiger partial charge on any atom is 0.274 e. The molecule has 1 N–H and O–H groups in total. The third kappa shape index (κ3) is 3.59. The van der Waals surface area contributed by atoms with Crippen molar-refractivity contribution in [2.24, 2.45) is 0 Å². The van der Waals surface area contributed by atoms with E-state index in [1.807, 2.05) is 48.9 Å².